The molecule has 0 bridgehead atoms. The average molecular weight is 396 g/mol. The zero-order valence-electron chi connectivity index (χ0n) is 16.6. The number of para-hydroxylation sites is 3. The van der Waals surface area contributed by atoms with Crippen LogP contribution >= 0.6 is 0 Å². The van der Waals surface area contributed by atoms with Gasteiger partial charge in [0.05, 0.1) is 5.69 Å². The number of benzene rings is 2. The van der Waals surface area contributed by atoms with Gasteiger partial charge in [0.2, 0.25) is 0 Å². The number of nitrogens with one attached hydrogen (secondary N) is 1. The number of piperidine rings is 1. The monoisotopic (exact) mass is 396 g/mol. The molecular weight excluding hydrogens is 368 g/mol. The predicted molar refractivity (Wildman–Crippen MR) is 112 cm³/mol. The highest BCUT2D eigenvalue weighted by molar-refractivity contribution is 5.65. The summed E-state index contributed by atoms with van der Waals surface area (Å²) >= 11 is 0. The van der Waals surface area contributed by atoms with Gasteiger partial charge in [0.1, 0.15) is 25.9 Å². The summed E-state index contributed by atoms with van der Waals surface area (Å²) in [6, 6.07) is 14.1. The van der Waals surface area contributed by atoms with Crippen LogP contribution in [0.3, 0.4) is 0 Å². The average Bonchev–Trinajstić information content (AvgIpc) is 2.79. The summed E-state index contributed by atoms with van der Waals surface area (Å²) in [5, 5.41) is 3.59. The topological polar surface area (TPSA) is 52.2 Å². The Morgan fingerprint density at radius 1 is 0.828 bits per heavy atom. The largest absolute Gasteiger partial charge is 0.486 e. The van der Waals surface area contributed by atoms with Crippen molar-refractivity contribution in [3.05, 3.63) is 42.5 Å². The van der Waals surface area contributed by atoms with Gasteiger partial charge >= 0.3 is 0 Å². The van der Waals surface area contributed by atoms with Crippen molar-refractivity contribution >= 4 is 5.69 Å². The van der Waals surface area contributed by atoms with Crippen LogP contribution < -0.4 is 29.2 Å². The van der Waals surface area contributed by atoms with Crippen molar-refractivity contribution in [1.82, 2.24) is 5.32 Å². The number of ether oxygens (including phenoxy) is 4. The van der Waals surface area contributed by atoms with Crippen molar-refractivity contribution in [2.24, 2.45) is 5.92 Å². The minimum absolute atomic E-state index is 0.0676. The predicted octanol–water partition coefficient (Wildman–Crippen LogP) is 3.10. The van der Waals surface area contributed by atoms with Gasteiger partial charge in [-0.1, -0.05) is 18.2 Å². The van der Waals surface area contributed by atoms with Crippen LogP contribution in [0, 0.1) is 5.92 Å². The van der Waals surface area contributed by atoms with Gasteiger partial charge in [-0.3, -0.25) is 0 Å². The van der Waals surface area contributed by atoms with E-state index in [-0.39, 0.29) is 6.10 Å². The van der Waals surface area contributed by atoms with E-state index in [1.165, 1.54) is 18.5 Å². The van der Waals surface area contributed by atoms with Crippen molar-refractivity contribution in [2.45, 2.75) is 18.9 Å². The molecule has 0 saturated carbocycles. The molecule has 154 valence electrons. The fourth-order valence-electron chi connectivity index (χ4n) is 4.30. The molecule has 2 aromatic rings. The van der Waals surface area contributed by atoms with E-state index in [1.54, 1.807) is 0 Å². The summed E-state index contributed by atoms with van der Waals surface area (Å²) in [4.78, 5) is 2.43. The van der Waals surface area contributed by atoms with Crippen molar-refractivity contribution in [3.63, 3.8) is 0 Å². The van der Waals surface area contributed by atoms with Crippen molar-refractivity contribution in [2.75, 3.05) is 50.9 Å². The molecule has 1 fully saturated rings. The third-order valence-corrected chi connectivity index (χ3v) is 5.87. The molecule has 5 rings (SSSR count). The van der Waals surface area contributed by atoms with Crippen LogP contribution in [0.15, 0.2) is 42.5 Å². The van der Waals surface area contributed by atoms with Gasteiger partial charge in [0, 0.05) is 19.6 Å². The minimum atomic E-state index is 0.0676. The van der Waals surface area contributed by atoms with E-state index in [0.29, 0.717) is 25.7 Å². The molecule has 1 N–H and O–H groups in total. The lowest BCUT2D eigenvalue weighted by molar-refractivity contribution is 0.0894. The van der Waals surface area contributed by atoms with E-state index >= 15 is 0 Å². The van der Waals surface area contributed by atoms with Gasteiger partial charge in [-0.05, 0) is 49.6 Å². The maximum absolute atomic E-state index is 6.03. The second-order valence-electron chi connectivity index (χ2n) is 7.89. The fraction of sp³-hybridized carbons (Fsp3) is 0.478. The molecule has 0 amide bonds. The Morgan fingerprint density at radius 2 is 1.62 bits per heavy atom. The number of hydrogen-bond donors (Lipinski definition) is 1. The summed E-state index contributed by atoms with van der Waals surface area (Å²) in [5.41, 5.74) is 1.17. The molecule has 3 aliphatic heterocycles. The quantitative estimate of drug-likeness (QED) is 0.838. The van der Waals surface area contributed by atoms with Crippen LogP contribution in [-0.2, 0) is 0 Å². The van der Waals surface area contributed by atoms with Crippen LogP contribution in [0.1, 0.15) is 12.8 Å². The fourth-order valence-corrected chi connectivity index (χ4v) is 4.30. The molecule has 29 heavy (non-hydrogen) atoms. The third-order valence-electron chi connectivity index (χ3n) is 5.87. The van der Waals surface area contributed by atoms with Gasteiger partial charge in [0.25, 0.3) is 0 Å². The molecule has 0 radical (unpaired) electrons. The summed E-state index contributed by atoms with van der Waals surface area (Å²) in [7, 11) is 0. The number of hydrogen-bond acceptors (Lipinski definition) is 6. The molecular formula is C23H28N2O4. The molecule has 0 aliphatic carbocycles. The Hall–Kier alpha value is -2.60. The second-order valence-corrected chi connectivity index (χ2v) is 7.89. The summed E-state index contributed by atoms with van der Waals surface area (Å²) in [5.74, 6) is 4.14. The highest BCUT2D eigenvalue weighted by Crippen LogP contribution is 2.40. The van der Waals surface area contributed by atoms with E-state index in [9.17, 15) is 0 Å². The molecule has 6 nitrogen and oxygen atoms in total. The van der Waals surface area contributed by atoms with E-state index in [1.807, 2.05) is 30.3 Å². The standard InChI is InChI=1S/C23H28N2O4/c1-2-6-21-20(5-1)28-16-18(29-21)15-24-14-17-8-10-25(11-9-17)19-4-3-7-22-23(19)27-13-12-26-22/h1-7,17-18,24H,8-16H2/t18-/m0/s1. The van der Waals surface area contributed by atoms with Crippen LogP contribution in [0.5, 0.6) is 23.0 Å². The van der Waals surface area contributed by atoms with Gasteiger partial charge < -0.3 is 29.2 Å². The Kier molecular flexibility index (Phi) is 5.35. The molecule has 1 saturated heterocycles. The Labute approximate surface area is 171 Å². The van der Waals surface area contributed by atoms with Crippen LogP contribution in [-0.4, -0.2) is 52.1 Å². The summed E-state index contributed by atoms with van der Waals surface area (Å²) in [6.07, 6.45) is 2.41. The molecule has 6 heteroatoms. The Bertz CT molecular complexity index is 835. The van der Waals surface area contributed by atoms with Crippen LogP contribution in [0.4, 0.5) is 5.69 Å². The van der Waals surface area contributed by atoms with Gasteiger partial charge in [-0.25, -0.2) is 0 Å². The first-order chi connectivity index (χ1) is 14.4. The summed E-state index contributed by atoms with van der Waals surface area (Å²) < 4.78 is 23.4. The number of nitrogens with zero attached hydrogens (tertiary/aromatic N) is 1. The number of rotatable bonds is 5. The minimum Gasteiger partial charge on any atom is -0.486 e. The lowest BCUT2D eigenvalue weighted by atomic mass is 9.96. The smallest absolute Gasteiger partial charge is 0.184 e. The lowest BCUT2D eigenvalue weighted by Gasteiger charge is -2.35. The molecule has 3 heterocycles. The van der Waals surface area contributed by atoms with E-state index in [4.69, 9.17) is 18.9 Å². The number of fused-ring (bicyclic) bond motifs is 2. The summed E-state index contributed by atoms with van der Waals surface area (Å²) in [6.45, 7) is 5.77. The first kappa shape index (κ1) is 18.4. The van der Waals surface area contributed by atoms with Crippen molar-refractivity contribution < 1.29 is 18.9 Å². The van der Waals surface area contributed by atoms with E-state index in [2.05, 4.69) is 22.3 Å². The zero-order valence-corrected chi connectivity index (χ0v) is 16.6. The van der Waals surface area contributed by atoms with Crippen LogP contribution in [0.25, 0.3) is 0 Å². The highest BCUT2D eigenvalue weighted by Gasteiger charge is 2.25. The lowest BCUT2D eigenvalue weighted by Crippen LogP contribution is -2.42. The van der Waals surface area contributed by atoms with E-state index < -0.39 is 0 Å². The third kappa shape index (κ3) is 4.08. The maximum atomic E-state index is 6.03. The van der Waals surface area contributed by atoms with Gasteiger partial charge in [-0.15, -0.1) is 0 Å². The zero-order chi connectivity index (χ0) is 19.5. The normalized spacial score (nSPS) is 21.1. The molecule has 2 aromatic carbocycles. The maximum Gasteiger partial charge on any atom is 0.184 e. The van der Waals surface area contributed by atoms with E-state index in [0.717, 1.165) is 49.2 Å². The molecule has 0 spiro atoms. The molecule has 3 aliphatic rings. The highest BCUT2D eigenvalue weighted by atomic mass is 16.6. The van der Waals surface area contributed by atoms with Gasteiger partial charge in [0.15, 0.2) is 23.0 Å². The SMILES string of the molecule is c1ccc2c(c1)OC[C@H](CNCC1CCN(c3cccc4c3OCCO4)CC1)O2. The van der Waals surface area contributed by atoms with Gasteiger partial charge in [-0.2, -0.15) is 0 Å². The Balaban J connectivity index is 1.08. The van der Waals surface area contributed by atoms with Crippen molar-refractivity contribution in [1.29, 1.82) is 0 Å². The Morgan fingerprint density at radius 3 is 2.52 bits per heavy atom. The molecule has 0 unspecified atom stereocenters. The second kappa shape index (κ2) is 8.41. The first-order valence-corrected chi connectivity index (χ1v) is 10.6. The number of anilines is 1. The van der Waals surface area contributed by atoms with Crippen LogP contribution in [0.2, 0.25) is 0 Å². The molecule has 0 aromatic heterocycles. The molecule has 1 atom stereocenters. The first-order valence-electron chi connectivity index (χ1n) is 10.6. The van der Waals surface area contributed by atoms with Crippen molar-refractivity contribution in [3.8, 4) is 23.0 Å².